The number of hydrogen-bond acceptors (Lipinski definition) is 6. The van der Waals surface area contributed by atoms with Crippen LogP contribution in [0.25, 0.3) is 22.4 Å². The average molecular weight is 555 g/mol. The second-order valence-corrected chi connectivity index (χ2v) is 13.6. The maximum atomic E-state index is 15.9. The second-order valence-electron chi connectivity index (χ2n) is 11.5. The summed E-state index contributed by atoms with van der Waals surface area (Å²) in [7, 11) is -1.40. The molecule has 0 N–H and O–H groups in total. The van der Waals surface area contributed by atoms with Gasteiger partial charge in [0.25, 0.3) is 0 Å². The van der Waals surface area contributed by atoms with E-state index in [1.54, 1.807) is 24.3 Å². The van der Waals surface area contributed by atoms with Crippen molar-refractivity contribution >= 4 is 20.9 Å². The number of rotatable bonds is 5. The van der Waals surface area contributed by atoms with Crippen LogP contribution in [0.4, 0.5) is 4.39 Å². The highest BCUT2D eigenvalue weighted by Gasteiger charge is 2.32. The van der Waals surface area contributed by atoms with Crippen LogP contribution in [0.3, 0.4) is 0 Å². The number of imidazole rings is 1. The Bertz CT molecular complexity index is 1420. The summed E-state index contributed by atoms with van der Waals surface area (Å²) in [5.41, 5.74) is 2.67. The van der Waals surface area contributed by atoms with E-state index in [2.05, 4.69) is 14.8 Å². The molecule has 0 amide bonds. The van der Waals surface area contributed by atoms with E-state index >= 15 is 4.39 Å². The third-order valence-corrected chi connectivity index (χ3v) is 10.4. The Morgan fingerprint density at radius 3 is 2.05 bits per heavy atom. The normalized spacial score (nSPS) is 21.6. The minimum Gasteiger partial charge on any atom is -0.381 e. The van der Waals surface area contributed by atoms with Gasteiger partial charge in [-0.15, -0.1) is 0 Å². The van der Waals surface area contributed by atoms with Gasteiger partial charge in [0.2, 0.25) is 0 Å². The van der Waals surface area contributed by atoms with E-state index in [-0.39, 0.29) is 16.6 Å². The summed E-state index contributed by atoms with van der Waals surface area (Å²) < 4.78 is 46.9. The van der Waals surface area contributed by atoms with Crippen LogP contribution >= 0.6 is 0 Å². The Kier molecular flexibility index (Phi) is 7.52. The van der Waals surface area contributed by atoms with Crippen molar-refractivity contribution < 1.29 is 17.5 Å². The lowest BCUT2D eigenvalue weighted by Gasteiger charge is -2.44. The molecule has 2 aromatic carbocycles. The van der Waals surface area contributed by atoms with Gasteiger partial charge in [-0.2, -0.15) is 0 Å². The van der Waals surface area contributed by atoms with Crippen molar-refractivity contribution in [2.24, 2.45) is 7.05 Å². The molecule has 7 nitrogen and oxygen atoms in total. The second kappa shape index (κ2) is 10.9. The number of aryl methyl sites for hydroxylation is 1. The number of fused-ring (bicyclic) bond motifs is 1. The fraction of sp³-hybridized carbons (Fsp3) is 0.567. The first kappa shape index (κ1) is 26.9. The van der Waals surface area contributed by atoms with Crippen molar-refractivity contribution in [3.63, 3.8) is 0 Å². The van der Waals surface area contributed by atoms with E-state index in [4.69, 9.17) is 4.74 Å². The molecular weight excluding hydrogens is 515 g/mol. The van der Waals surface area contributed by atoms with E-state index in [1.165, 1.54) is 45.0 Å². The summed E-state index contributed by atoms with van der Waals surface area (Å²) >= 11 is 0. The molecule has 0 saturated carbocycles. The molecular formula is C30H39FN4O3S. The molecule has 3 aromatic rings. The molecule has 0 atom stereocenters. The maximum absolute atomic E-state index is 15.9. The van der Waals surface area contributed by atoms with Gasteiger partial charge < -0.3 is 19.1 Å². The van der Waals surface area contributed by atoms with Gasteiger partial charge in [-0.25, -0.2) is 17.8 Å². The zero-order valence-corrected chi connectivity index (χ0v) is 23.8. The smallest absolute Gasteiger partial charge is 0.175 e. The molecule has 6 rings (SSSR count). The number of hydrogen-bond donors (Lipinski definition) is 0. The van der Waals surface area contributed by atoms with Crippen LogP contribution in [0.15, 0.2) is 41.3 Å². The molecule has 3 saturated heterocycles. The Morgan fingerprint density at radius 1 is 0.846 bits per heavy atom. The largest absolute Gasteiger partial charge is 0.381 e. The van der Waals surface area contributed by atoms with Crippen molar-refractivity contribution in [1.82, 2.24) is 19.4 Å². The van der Waals surface area contributed by atoms with Crippen molar-refractivity contribution in [3.05, 3.63) is 47.8 Å². The Labute approximate surface area is 230 Å². The number of nitrogens with zero attached hydrogens (tertiary/aromatic N) is 4. The van der Waals surface area contributed by atoms with Crippen LogP contribution in [-0.2, 0) is 21.6 Å². The van der Waals surface area contributed by atoms with Gasteiger partial charge in [0.05, 0.1) is 10.4 Å². The van der Waals surface area contributed by atoms with Crippen LogP contribution in [0.1, 0.15) is 50.0 Å². The van der Waals surface area contributed by atoms with Gasteiger partial charge in [0.1, 0.15) is 11.3 Å². The van der Waals surface area contributed by atoms with Gasteiger partial charge >= 0.3 is 0 Å². The molecule has 3 aliphatic heterocycles. The summed E-state index contributed by atoms with van der Waals surface area (Å²) in [5, 5.41) is 0. The average Bonchev–Trinajstić information content (AvgIpc) is 3.30. The lowest BCUT2D eigenvalue weighted by Crippen LogP contribution is -2.50. The van der Waals surface area contributed by atoms with Gasteiger partial charge in [-0.1, -0.05) is 6.07 Å². The van der Waals surface area contributed by atoms with Crippen LogP contribution in [-0.4, -0.2) is 85.5 Å². The SMILES string of the molecule is Cn1c(-c2ccc(S(C)(=O)=O)cc2)nc2c(F)c(C3CCN(C4CCN(C5CCOCC5)CC4)CC3)ccc21. The maximum Gasteiger partial charge on any atom is 0.175 e. The van der Waals surface area contributed by atoms with Crippen molar-refractivity contribution in [2.45, 2.75) is 61.4 Å². The summed E-state index contributed by atoms with van der Waals surface area (Å²) in [4.78, 5) is 10.3. The molecule has 3 aliphatic rings. The number of benzene rings is 2. The zero-order chi connectivity index (χ0) is 27.1. The highest BCUT2D eigenvalue weighted by molar-refractivity contribution is 7.90. The number of aromatic nitrogens is 2. The molecule has 1 aromatic heterocycles. The number of piperidine rings is 2. The number of likely N-dealkylation sites (tertiary alicyclic amines) is 2. The highest BCUT2D eigenvalue weighted by atomic mass is 32.2. The summed E-state index contributed by atoms with van der Waals surface area (Å²) in [6.07, 6.45) is 7.91. The standard InChI is InChI=1S/C30H39FN4O3S/c1-33-27-8-7-26(28(31)29(27)32-30(33)22-3-5-25(6-4-22)39(2,36)37)21-9-15-34(16-10-21)23-11-17-35(18-12-23)24-13-19-38-20-14-24/h3-8,21,23-24H,9-20H2,1-2H3. The molecule has 39 heavy (non-hydrogen) atoms. The first-order valence-corrected chi connectivity index (χ1v) is 16.2. The molecule has 9 heteroatoms. The van der Waals surface area contributed by atoms with Crippen molar-refractivity contribution in [2.75, 3.05) is 45.6 Å². The predicted octanol–water partition coefficient (Wildman–Crippen LogP) is 4.61. The third-order valence-electron chi connectivity index (χ3n) is 9.25. The quantitative estimate of drug-likeness (QED) is 0.459. The minimum absolute atomic E-state index is 0.201. The number of sulfone groups is 1. The molecule has 210 valence electrons. The fourth-order valence-electron chi connectivity index (χ4n) is 6.91. The van der Waals surface area contributed by atoms with E-state index in [0.717, 1.165) is 55.8 Å². The van der Waals surface area contributed by atoms with Crippen LogP contribution in [0.2, 0.25) is 0 Å². The lowest BCUT2D eigenvalue weighted by atomic mass is 9.87. The highest BCUT2D eigenvalue weighted by Crippen LogP contribution is 2.36. The van der Waals surface area contributed by atoms with E-state index in [1.807, 2.05) is 23.7 Å². The van der Waals surface area contributed by atoms with Crippen molar-refractivity contribution in [1.29, 1.82) is 0 Å². The van der Waals surface area contributed by atoms with Crippen LogP contribution < -0.4 is 0 Å². The van der Waals surface area contributed by atoms with Crippen LogP contribution in [0, 0.1) is 5.82 Å². The molecule has 0 aliphatic carbocycles. The summed E-state index contributed by atoms with van der Waals surface area (Å²) in [6.45, 7) is 6.20. The monoisotopic (exact) mass is 554 g/mol. The Balaban J connectivity index is 1.12. The fourth-order valence-corrected chi connectivity index (χ4v) is 7.54. The van der Waals surface area contributed by atoms with Crippen molar-refractivity contribution in [3.8, 4) is 11.4 Å². The lowest BCUT2D eigenvalue weighted by molar-refractivity contribution is 0.0104. The molecule has 0 radical (unpaired) electrons. The van der Waals surface area contributed by atoms with E-state index in [0.29, 0.717) is 23.4 Å². The van der Waals surface area contributed by atoms with Gasteiger partial charge in [0.15, 0.2) is 15.7 Å². The molecule has 3 fully saturated rings. The minimum atomic E-state index is -3.28. The number of halogens is 1. The topological polar surface area (TPSA) is 67.7 Å². The molecule has 0 bridgehead atoms. The van der Waals surface area contributed by atoms with Crippen LogP contribution in [0.5, 0.6) is 0 Å². The molecule has 0 spiro atoms. The zero-order valence-electron chi connectivity index (χ0n) is 23.0. The summed E-state index contributed by atoms with van der Waals surface area (Å²) in [6, 6.07) is 11.9. The molecule has 4 heterocycles. The summed E-state index contributed by atoms with van der Waals surface area (Å²) in [5.74, 6) is 0.612. The predicted molar refractivity (Wildman–Crippen MR) is 151 cm³/mol. The van der Waals surface area contributed by atoms with Gasteiger partial charge in [0, 0.05) is 44.2 Å². The van der Waals surface area contributed by atoms with Gasteiger partial charge in [-0.3, -0.25) is 0 Å². The first-order valence-electron chi connectivity index (χ1n) is 14.3. The van der Waals surface area contributed by atoms with Gasteiger partial charge in [-0.05, 0) is 107 Å². The number of ether oxygens (including phenoxy) is 1. The third kappa shape index (κ3) is 5.38. The Morgan fingerprint density at radius 2 is 1.44 bits per heavy atom. The Hall–Kier alpha value is -2.33. The molecule has 0 unspecified atom stereocenters. The first-order chi connectivity index (χ1) is 18.8. The van der Waals surface area contributed by atoms with E-state index in [9.17, 15) is 8.42 Å². The van der Waals surface area contributed by atoms with E-state index < -0.39 is 9.84 Å².